The van der Waals surface area contributed by atoms with Crippen LogP contribution < -0.4 is 5.73 Å². The van der Waals surface area contributed by atoms with Gasteiger partial charge in [0.25, 0.3) is 0 Å². The summed E-state index contributed by atoms with van der Waals surface area (Å²) in [5.74, 6) is 0.764. The fourth-order valence-corrected chi connectivity index (χ4v) is 2.22. The van der Waals surface area contributed by atoms with Crippen LogP contribution in [0.3, 0.4) is 0 Å². The first-order chi connectivity index (χ1) is 8.34. The summed E-state index contributed by atoms with van der Waals surface area (Å²) >= 11 is 0. The highest BCUT2D eigenvalue weighted by molar-refractivity contribution is 5.54. The summed E-state index contributed by atoms with van der Waals surface area (Å²) < 4.78 is 0. The Morgan fingerprint density at radius 1 is 1.24 bits per heavy atom. The highest BCUT2D eigenvalue weighted by Gasteiger charge is 2.19. The second-order valence-corrected chi connectivity index (χ2v) is 4.33. The van der Waals surface area contributed by atoms with Crippen molar-refractivity contribution < 1.29 is 0 Å². The number of fused-ring (bicyclic) bond motifs is 1. The van der Waals surface area contributed by atoms with Gasteiger partial charge in [0.05, 0.1) is 0 Å². The average molecular weight is 226 g/mol. The number of aryl methyl sites for hydroxylation is 1. The van der Waals surface area contributed by atoms with E-state index < -0.39 is 0 Å². The zero-order chi connectivity index (χ0) is 11.7. The Hall–Kier alpha value is -1.81. The molecule has 4 heteroatoms. The van der Waals surface area contributed by atoms with Crippen molar-refractivity contribution in [3.05, 3.63) is 42.0 Å². The van der Waals surface area contributed by atoms with Gasteiger partial charge in [0.15, 0.2) is 5.82 Å². The molecule has 0 saturated carbocycles. The van der Waals surface area contributed by atoms with Gasteiger partial charge in [-0.1, -0.05) is 0 Å². The van der Waals surface area contributed by atoms with Crippen molar-refractivity contribution in [2.75, 3.05) is 0 Å². The minimum absolute atomic E-state index is 0.102. The van der Waals surface area contributed by atoms with Gasteiger partial charge in [-0.05, 0) is 31.4 Å². The molecule has 4 nitrogen and oxygen atoms in total. The van der Waals surface area contributed by atoms with Crippen molar-refractivity contribution >= 4 is 0 Å². The molecule has 0 aliphatic heterocycles. The van der Waals surface area contributed by atoms with E-state index in [1.54, 1.807) is 12.4 Å². The zero-order valence-corrected chi connectivity index (χ0v) is 9.50. The number of aromatic nitrogens is 3. The van der Waals surface area contributed by atoms with Gasteiger partial charge in [-0.25, -0.2) is 9.97 Å². The van der Waals surface area contributed by atoms with Gasteiger partial charge in [0.1, 0.15) is 0 Å². The van der Waals surface area contributed by atoms with Crippen LogP contribution in [-0.4, -0.2) is 15.0 Å². The zero-order valence-electron chi connectivity index (χ0n) is 9.50. The fourth-order valence-electron chi connectivity index (χ4n) is 2.22. The summed E-state index contributed by atoms with van der Waals surface area (Å²) in [6, 6.07) is 3.94. The third kappa shape index (κ3) is 1.91. The van der Waals surface area contributed by atoms with Gasteiger partial charge < -0.3 is 5.73 Å². The van der Waals surface area contributed by atoms with Gasteiger partial charge >= 0.3 is 0 Å². The lowest BCUT2D eigenvalue weighted by molar-refractivity contribution is 0.557. The molecule has 0 fully saturated rings. The van der Waals surface area contributed by atoms with Crippen LogP contribution in [-0.2, 0) is 6.42 Å². The summed E-state index contributed by atoms with van der Waals surface area (Å²) in [6.07, 6.45) is 8.53. The molecular formula is C13H14N4. The molecule has 2 N–H and O–H groups in total. The van der Waals surface area contributed by atoms with Gasteiger partial charge in [-0.15, -0.1) is 0 Å². The average Bonchev–Trinajstić information content (AvgIpc) is 2.40. The highest BCUT2D eigenvalue weighted by atomic mass is 14.9. The first-order valence-corrected chi connectivity index (χ1v) is 5.86. The third-order valence-electron chi connectivity index (χ3n) is 3.17. The molecule has 1 atom stereocenters. The van der Waals surface area contributed by atoms with E-state index in [2.05, 4.69) is 15.0 Å². The van der Waals surface area contributed by atoms with Gasteiger partial charge in [0, 0.05) is 41.5 Å². The maximum atomic E-state index is 6.05. The molecule has 1 aliphatic rings. The Balaban J connectivity index is 2.04. The quantitative estimate of drug-likeness (QED) is 0.806. The van der Waals surface area contributed by atoms with Crippen LogP contribution >= 0.6 is 0 Å². The van der Waals surface area contributed by atoms with Crippen LogP contribution in [0.25, 0.3) is 11.4 Å². The highest BCUT2D eigenvalue weighted by Crippen LogP contribution is 2.27. The van der Waals surface area contributed by atoms with E-state index in [-0.39, 0.29) is 6.04 Å². The number of rotatable bonds is 1. The van der Waals surface area contributed by atoms with E-state index in [0.29, 0.717) is 0 Å². The maximum Gasteiger partial charge on any atom is 0.159 e. The molecule has 2 heterocycles. The minimum Gasteiger partial charge on any atom is -0.324 e. The SMILES string of the molecule is N[C@H]1CCCc2nc(-c3ccncc3)ncc21. The normalized spacial score (nSPS) is 18.8. The van der Waals surface area contributed by atoms with Crippen molar-refractivity contribution in [1.29, 1.82) is 0 Å². The Labute approximate surface area is 99.9 Å². The maximum absolute atomic E-state index is 6.05. The topological polar surface area (TPSA) is 64.7 Å². The molecule has 2 aromatic heterocycles. The molecule has 0 bridgehead atoms. The monoisotopic (exact) mass is 226 g/mol. The Morgan fingerprint density at radius 3 is 2.88 bits per heavy atom. The van der Waals surface area contributed by atoms with Crippen molar-refractivity contribution in [2.24, 2.45) is 5.73 Å². The summed E-state index contributed by atoms with van der Waals surface area (Å²) in [4.78, 5) is 13.0. The lowest BCUT2D eigenvalue weighted by Crippen LogP contribution is -2.19. The molecular weight excluding hydrogens is 212 g/mol. The molecule has 0 amide bonds. The van der Waals surface area contributed by atoms with Crippen molar-refractivity contribution in [3.8, 4) is 11.4 Å². The largest absolute Gasteiger partial charge is 0.324 e. The first-order valence-electron chi connectivity index (χ1n) is 5.86. The van der Waals surface area contributed by atoms with E-state index in [0.717, 1.165) is 41.9 Å². The van der Waals surface area contributed by atoms with Crippen LogP contribution in [0.4, 0.5) is 0 Å². The molecule has 1 aliphatic carbocycles. The third-order valence-corrected chi connectivity index (χ3v) is 3.17. The van der Waals surface area contributed by atoms with E-state index in [4.69, 9.17) is 5.73 Å². The number of nitrogens with two attached hydrogens (primary N) is 1. The summed E-state index contributed by atoms with van der Waals surface area (Å²) in [7, 11) is 0. The lowest BCUT2D eigenvalue weighted by atomic mass is 9.93. The van der Waals surface area contributed by atoms with Crippen LogP contribution in [0.15, 0.2) is 30.7 Å². The summed E-state index contributed by atoms with van der Waals surface area (Å²) in [5.41, 5.74) is 9.25. The van der Waals surface area contributed by atoms with E-state index >= 15 is 0 Å². The van der Waals surface area contributed by atoms with E-state index in [1.165, 1.54) is 0 Å². The van der Waals surface area contributed by atoms with Crippen molar-refractivity contribution in [2.45, 2.75) is 25.3 Å². The molecule has 2 aromatic rings. The molecule has 0 unspecified atom stereocenters. The van der Waals surface area contributed by atoms with Crippen LogP contribution in [0.2, 0.25) is 0 Å². The first kappa shape index (κ1) is 10.4. The fraction of sp³-hybridized carbons (Fsp3) is 0.308. The second-order valence-electron chi connectivity index (χ2n) is 4.33. The number of pyridine rings is 1. The van der Waals surface area contributed by atoms with Gasteiger partial charge in [0.2, 0.25) is 0 Å². The van der Waals surface area contributed by atoms with Gasteiger partial charge in [-0.2, -0.15) is 0 Å². The van der Waals surface area contributed by atoms with Crippen LogP contribution in [0, 0.1) is 0 Å². The standard InChI is InChI=1S/C13H14N4/c14-11-2-1-3-12-10(11)8-16-13(17-12)9-4-6-15-7-5-9/h4-8,11H,1-3,14H2/t11-/m0/s1. The van der Waals surface area contributed by atoms with Crippen LogP contribution in [0.1, 0.15) is 30.1 Å². The summed E-state index contributed by atoms with van der Waals surface area (Å²) in [5, 5.41) is 0. The smallest absolute Gasteiger partial charge is 0.159 e. The Bertz CT molecular complexity index is 524. The lowest BCUT2D eigenvalue weighted by Gasteiger charge is -2.20. The number of hydrogen-bond donors (Lipinski definition) is 1. The molecule has 3 rings (SSSR count). The predicted octanol–water partition coefficient (Wildman–Crippen LogP) is 1.87. The van der Waals surface area contributed by atoms with Crippen LogP contribution in [0.5, 0.6) is 0 Å². The number of nitrogens with zero attached hydrogens (tertiary/aromatic N) is 3. The van der Waals surface area contributed by atoms with Crippen molar-refractivity contribution in [3.63, 3.8) is 0 Å². The molecule has 0 saturated heterocycles. The second kappa shape index (κ2) is 4.22. The van der Waals surface area contributed by atoms with E-state index in [1.807, 2.05) is 18.3 Å². The molecule has 17 heavy (non-hydrogen) atoms. The van der Waals surface area contributed by atoms with E-state index in [9.17, 15) is 0 Å². The minimum atomic E-state index is 0.102. The number of hydrogen-bond acceptors (Lipinski definition) is 4. The Kier molecular flexibility index (Phi) is 2.57. The van der Waals surface area contributed by atoms with Gasteiger partial charge in [-0.3, -0.25) is 4.98 Å². The molecule has 0 radical (unpaired) electrons. The molecule has 0 spiro atoms. The predicted molar refractivity (Wildman–Crippen MR) is 65.1 cm³/mol. The van der Waals surface area contributed by atoms with Crippen molar-refractivity contribution in [1.82, 2.24) is 15.0 Å². The molecule has 86 valence electrons. The molecule has 0 aromatic carbocycles. The Morgan fingerprint density at radius 2 is 2.06 bits per heavy atom. The summed E-state index contributed by atoms with van der Waals surface area (Å²) in [6.45, 7) is 0.